The summed E-state index contributed by atoms with van der Waals surface area (Å²) in [7, 11) is 0. The Bertz CT molecular complexity index is 241. The predicted octanol–water partition coefficient (Wildman–Crippen LogP) is 0.756. The lowest BCUT2D eigenvalue weighted by molar-refractivity contribution is -0.156. The van der Waals surface area contributed by atoms with Gasteiger partial charge in [-0.25, -0.2) is 0 Å². The molecule has 0 aromatic carbocycles. The minimum atomic E-state index is -0.833. The molecule has 0 aliphatic heterocycles. The summed E-state index contributed by atoms with van der Waals surface area (Å²) < 4.78 is 8.38. The van der Waals surface area contributed by atoms with E-state index in [1.54, 1.807) is 6.92 Å². The first-order valence-corrected chi connectivity index (χ1v) is 4.65. The van der Waals surface area contributed by atoms with Crippen molar-refractivity contribution in [3.63, 3.8) is 0 Å². The molecule has 0 rings (SSSR count). The minimum absolute atomic E-state index is 0.211. The van der Waals surface area contributed by atoms with Gasteiger partial charge in [0.1, 0.15) is 0 Å². The molecule has 1 N–H and O–H groups in total. The van der Waals surface area contributed by atoms with Crippen molar-refractivity contribution < 1.29 is 33.8 Å². The van der Waals surface area contributed by atoms with Crippen LogP contribution in [0.15, 0.2) is 0 Å². The number of esters is 3. The second-order valence-electron chi connectivity index (χ2n) is 2.53. The van der Waals surface area contributed by atoms with E-state index < -0.39 is 17.9 Å². The van der Waals surface area contributed by atoms with Crippen molar-refractivity contribution in [1.29, 1.82) is 0 Å². The number of carboxylic acid groups (broad SMARTS) is 1. The van der Waals surface area contributed by atoms with E-state index in [-0.39, 0.29) is 5.97 Å². The van der Waals surface area contributed by atoms with E-state index in [0.717, 1.165) is 6.92 Å². The van der Waals surface area contributed by atoms with Gasteiger partial charge in [-0.1, -0.05) is 0 Å². The van der Waals surface area contributed by atoms with Crippen molar-refractivity contribution in [2.24, 2.45) is 0 Å². The van der Waals surface area contributed by atoms with Crippen LogP contribution in [-0.4, -0.2) is 35.6 Å². The number of rotatable bonds is 1. The third kappa shape index (κ3) is 79.6. The molecular weight excluding hydrogens is 232 g/mol. The number of hydrogen-bond donors (Lipinski definition) is 1. The van der Waals surface area contributed by atoms with Crippen molar-refractivity contribution >= 4 is 23.9 Å². The molecule has 0 saturated carbocycles. The van der Waals surface area contributed by atoms with E-state index in [1.807, 2.05) is 0 Å². The minimum Gasteiger partial charge on any atom is -0.481 e. The number of hydrogen-bond acceptors (Lipinski definition) is 6. The largest absolute Gasteiger partial charge is 0.481 e. The van der Waals surface area contributed by atoms with Crippen molar-refractivity contribution in [3.8, 4) is 0 Å². The maximum Gasteiger partial charge on any atom is 0.310 e. The Morgan fingerprint density at radius 3 is 1.18 bits per heavy atom. The van der Waals surface area contributed by atoms with E-state index in [2.05, 4.69) is 9.47 Å². The molecule has 0 radical (unpaired) electrons. The highest BCUT2D eigenvalue weighted by Gasteiger charge is 1.93. The number of aliphatic carboxylic acids is 1. The second kappa shape index (κ2) is 14.1. The molecule has 0 heterocycles. The van der Waals surface area contributed by atoms with Gasteiger partial charge >= 0.3 is 17.9 Å². The zero-order chi connectivity index (χ0) is 14.4. The number of carbonyl (C=O) groups is 4. The van der Waals surface area contributed by atoms with Crippen molar-refractivity contribution in [1.82, 2.24) is 0 Å². The van der Waals surface area contributed by atoms with E-state index in [4.69, 9.17) is 9.90 Å². The van der Waals surface area contributed by atoms with Crippen molar-refractivity contribution in [2.45, 2.75) is 34.6 Å². The van der Waals surface area contributed by atoms with Gasteiger partial charge in [0.2, 0.25) is 0 Å². The monoisotopic (exact) mass is 250 g/mol. The van der Waals surface area contributed by atoms with Crippen LogP contribution >= 0.6 is 0 Å². The Balaban J connectivity index is -0.000000180. The van der Waals surface area contributed by atoms with Gasteiger partial charge in [0.25, 0.3) is 5.97 Å². The van der Waals surface area contributed by atoms with E-state index >= 15 is 0 Å². The summed E-state index contributed by atoms with van der Waals surface area (Å²) in [5, 5.41) is 7.42. The number of carbonyl (C=O) groups excluding carboxylic acids is 3. The van der Waals surface area contributed by atoms with Crippen LogP contribution in [-0.2, 0) is 28.7 Å². The summed E-state index contributed by atoms with van der Waals surface area (Å²) in [5.74, 6) is -2.17. The molecule has 0 amide bonds. The third-order valence-corrected chi connectivity index (χ3v) is 0.635. The molecule has 0 aromatic heterocycles. The lowest BCUT2D eigenvalue weighted by atomic mass is 10.7. The van der Waals surface area contributed by atoms with Crippen molar-refractivity contribution in [3.05, 3.63) is 0 Å². The fourth-order valence-corrected chi connectivity index (χ4v) is 0.406. The lowest BCUT2D eigenvalue weighted by Crippen LogP contribution is -2.03. The van der Waals surface area contributed by atoms with Crippen LogP contribution in [0.2, 0.25) is 0 Å². The normalized spacial score (nSPS) is 7.35. The SMILES string of the molecule is CC(=O)O.CC(=O)OC(C)=O.CCOC(C)=O. The van der Waals surface area contributed by atoms with Crippen molar-refractivity contribution in [2.75, 3.05) is 6.61 Å². The van der Waals surface area contributed by atoms with Gasteiger partial charge in [-0.05, 0) is 6.92 Å². The number of ether oxygens (including phenoxy) is 2. The Morgan fingerprint density at radius 2 is 1.18 bits per heavy atom. The first kappa shape index (κ1) is 20.5. The summed E-state index contributed by atoms with van der Waals surface area (Å²) >= 11 is 0. The Hall–Kier alpha value is -1.92. The quantitative estimate of drug-likeness (QED) is 0.540. The summed E-state index contributed by atoms with van der Waals surface area (Å²) in [6.07, 6.45) is 0. The van der Waals surface area contributed by atoms with Crippen LogP contribution in [0.1, 0.15) is 34.6 Å². The van der Waals surface area contributed by atoms with Crippen LogP contribution in [0.4, 0.5) is 0 Å². The molecule has 17 heavy (non-hydrogen) atoms. The van der Waals surface area contributed by atoms with Crippen LogP contribution < -0.4 is 0 Å². The van der Waals surface area contributed by atoms with Gasteiger partial charge in [0, 0.05) is 27.7 Å². The maximum atomic E-state index is 9.82. The maximum absolute atomic E-state index is 9.82. The Kier molecular flexibility index (Phi) is 17.0. The van der Waals surface area contributed by atoms with Gasteiger partial charge in [0.05, 0.1) is 6.61 Å². The van der Waals surface area contributed by atoms with E-state index in [9.17, 15) is 14.4 Å². The molecule has 0 aliphatic rings. The zero-order valence-electron chi connectivity index (χ0n) is 10.6. The Labute approximate surface area is 99.7 Å². The predicted molar refractivity (Wildman–Crippen MR) is 58.1 cm³/mol. The van der Waals surface area contributed by atoms with Gasteiger partial charge in [-0.3, -0.25) is 19.2 Å². The molecule has 0 atom stereocenters. The molecule has 0 aliphatic carbocycles. The average Bonchev–Trinajstić information content (AvgIpc) is 1.99. The molecular formula is C10H18O7. The highest BCUT2D eigenvalue weighted by atomic mass is 16.6. The third-order valence-electron chi connectivity index (χ3n) is 0.635. The van der Waals surface area contributed by atoms with Gasteiger partial charge in [-0.2, -0.15) is 0 Å². The molecule has 7 nitrogen and oxygen atoms in total. The van der Waals surface area contributed by atoms with Gasteiger partial charge in [-0.15, -0.1) is 0 Å². The summed E-state index contributed by atoms with van der Waals surface area (Å²) in [5.41, 5.74) is 0. The summed E-state index contributed by atoms with van der Waals surface area (Å²) in [4.78, 5) is 38.4. The molecule has 0 unspecified atom stereocenters. The molecule has 0 spiro atoms. The summed E-state index contributed by atoms with van der Waals surface area (Å²) in [6.45, 7) is 7.10. The lowest BCUT2D eigenvalue weighted by Gasteiger charge is -1.89. The van der Waals surface area contributed by atoms with E-state index in [0.29, 0.717) is 6.61 Å². The Morgan fingerprint density at radius 1 is 0.882 bits per heavy atom. The van der Waals surface area contributed by atoms with Crippen LogP contribution in [0.5, 0.6) is 0 Å². The van der Waals surface area contributed by atoms with Crippen LogP contribution in [0.3, 0.4) is 0 Å². The second-order valence-corrected chi connectivity index (χ2v) is 2.53. The van der Waals surface area contributed by atoms with Crippen LogP contribution in [0, 0.1) is 0 Å². The fourth-order valence-electron chi connectivity index (χ4n) is 0.406. The standard InChI is InChI=1S/C4H6O3.C4H8O2.C2H4O2/c1-3(5)7-4(2)6;1-3-6-4(2)5;1-2(3)4/h1-2H3;3H2,1-2H3;1H3,(H,3,4). The van der Waals surface area contributed by atoms with Gasteiger partial charge in [0.15, 0.2) is 0 Å². The average molecular weight is 250 g/mol. The first-order chi connectivity index (χ1) is 7.63. The fraction of sp³-hybridized carbons (Fsp3) is 0.600. The van der Waals surface area contributed by atoms with Crippen LogP contribution in [0.25, 0.3) is 0 Å². The first-order valence-electron chi connectivity index (χ1n) is 4.65. The highest BCUT2D eigenvalue weighted by molar-refractivity contribution is 5.82. The molecule has 100 valence electrons. The highest BCUT2D eigenvalue weighted by Crippen LogP contribution is 1.73. The molecule has 0 aromatic rings. The smallest absolute Gasteiger partial charge is 0.310 e. The zero-order valence-corrected chi connectivity index (χ0v) is 10.6. The molecule has 0 saturated heterocycles. The molecule has 7 heteroatoms. The van der Waals surface area contributed by atoms with Gasteiger partial charge < -0.3 is 14.6 Å². The topological polar surface area (TPSA) is 107 Å². The van der Waals surface area contributed by atoms with E-state index in [1.165, 1.54) is 20.8 Å². The molecule has 0 bridgehead atoms. The molecule has 0 fully saturated rings. The number of carboxylic acids is 1. The summed E-state index contributed by atoms with van der Waals surface area (Å²) in [6, 6.07) is 0.